The van der Waals surface area contributed by atoms with Gasteiger partial charge < -0.3 is 4.42 Å². The van der Waals surface area contributed by atoms with Crippen LogP contribution in [0.1, 0.15) is 22.7 Å². The second-order valence-electron chi connectivity index (χ2n) is 5.17. The second-order valence-corrected chi connectivity index (χ2v) is 7.05. The molecule has 0 spiro atoms. The monoisotopic (exact) mass is 400 g/mol. The Morgan fingerprint density at radius 2 is 1.96 bits per heavy atom. The maximum atomic E-state index is 9.30. The first-order chi connectivity index (χ1) is 11.6. The molecule has 0 amide bonds. The van der Waals surface area contributed by atoms with Crippen LogP contribution in [-0.4, -0.2) is 15.2 Å². The molecule has 1 aromatic carbocycles. The van der Waals surface area contributed by atoms with Gasteiger partial charge in [-0.15, -0.1) is 10.2 Å². The van der Waals surface area contributed by atoms with Gasteiger partial charge in [0.15, 0.2) is 0 Å². The summed E-state index contributed by atoms with van der Waals surface area (Å²) in [6.45, 7) is 3.83. The van der Waals surface area contributed by atoms with Crippen LogP contribution >= 0.6 is 27.7 Å². The van der Waals surface area contributed by atoms with Gasteiger partial charge in [-0.05, 0) is 49.7 Å². The van der Waals surface area contributed by atoms with Crippen molar-refractivity contribution in [1.29, 1.82) is 5.26 Å². The number of nitriles is 1. The molecule has 0 fully saturated rings. The molecule has 0 unspecified atom stereocenters. The fourth-order valence-corrected chi connectivity index (χ4v) is 3.39. The Labute approximate surface area is 152 Å². The Kier molecular flexibility index (Phi) is 4.97. The number of nitrogens with zero attached hydrogens (tertiary/aromatic N) is 4. The van der Waals surface area contributed by atoms with Gasteiger partial charge in [-0.25, -0.2) is 4.98 Å². The SMILES string of the molecule is Cc1cc(C)c(C#N)c(SCc2nnc(-c3ccc(Br)cc3)o2)n1. The van der Waals surface area contributed by atoms with Crippen LogP contribution in [0, 0.1) is 25.2 Å². The van der Waals surface area contributed by atoms with Crippen LogP contribution in [-0.2, 0) is 5.75 Å². The lowest BCUT2D eigenvalue weighted by molar-refractivity contribution is 0.528. The van der Waals surface area contributed by atoms with E-state index >= 15 is 0 Å². The summed E-state index contributed by atoms with van der Waals surface area (Å²) in [5.41, 5.74) is 3.27. The lowest BCUT2D eigenvalue weighted by atomic mass is 10.1. The largest absolute Gasteiger partial charge is 0.420 e. The number of hydrogen-bond acceptors (Lipinski definition) is 6. The lowest BCUT2D eigenvalue weighted by Gasteiger charge is -2.05. The van der Waals surface area contributed by atoms with Crippen LogP contribution in [0.25, 0.3) is 11.5 Å². The zero-order valence-corrected chi connectivity index (χ0v) is 15.5. The van der Waals surface area contributed by atoms with Crippen molar-refractivity contribution in [3.05, 3.63) is 57.5 Å². The molecule has 0 radical (unpaired) electrons. The van der Waals surface area contributed by atoms with E-state index in [2.05, 4.69) is 37.2 Å². The Bertz CT molecular complexity index is 915. The Morgan fingerprint density at radius 1 is 1.21 bits per heavy atom. The van der Waals surface area contributed by atoms with E-state index < -0.39 is 0 Å². The third-order valence-electron chi connectivity index (χ3n) is 3.31. The van der Waals surface area contributed by atoms with Crippen LogP contribution in [0.2, 0.25) is 0 Å². The molecule has 3 rings (SSSR count). The molecule has 2 heterocycles. The molecule has 3 aromatic rings. The van der Waals surface area contributed by atoms with Crippen LogP contribution in [0.3, 0.4) is 0 Å². The zero-order chi connectivity index (χ0) is 17.1. The third-order valence-corrected chi connectivity index (χ3v) is 4.80. The summed E-state index contributed by atoms with van der Waals surface area (Å²) in [6.07, 6.45) is 0. The van der Waals surface area contributed by atoms with Gasteiger partial charge in [-0.1, -0.05) is 27.7 Å². The van der Waals surface area contributed by atoms with E-state index in [-0.39, 0.29) is 0 Å². The van der Waals surface area contributed by atoms with Crippen molar-refractivity contribution in [2.75, 3.05) is 0 Å². The second kappa shape index (κ2) is 7.16. The Morgan fingerprint density at radius 3 is 2.67 bits per heavy atom. The molecule has 24 heavy (non-hydrogen) atoms. The van der Waals surface area contributed by atoms with E-state index in [9.17, 15) is 5.26 Å². The van der Waals surface area contributed by atoms with Gasteiger partial charge in [-0.3, -0.25) is 0 Å². The third kappa shape index (κ3) is 3.66. The molecule has 0 aliphatic rings. The quantitative estimate of drug-likeness (QED) is 0.591. The number of rotatable bonds is 4. The van der Waals surface area contributed by atoms with Crippen LogP contribution in [0.4, 0.5) is 0 Å². The molecule has 0 aliphatic carbocycles. The predicted octanol–water partition coefficient (Wildman–Crippen LogP) is 4.67. The predicted molar refractivity (Wildman–Crippen MR) is 95.4 cm³/mol. The molecule has 120 valence electrons. The molecular formula is C17H13BrN4OS. The number of hydrogen-bond donors (Lipinski definition) is 0. The van der Waals surface area contributed by atoms with E-state index in [0.717, 1.165) is 21.3 Å². The topological polar surface area (TPSA) is 75.6 Å². The molecule has 0 bridgehead atoms. The fraction of sp³-hybridized carbons (Fsp3) is 0.176. The maximum Gasteiger partial charge on any atom is 0.247 e. The smallest absolute Gasteiger partial charge is 0.247 e. The molecule has 2 aromatic heterocycles. The normalized spacial score (nSPS) is 10.6. The number of aryl methyl sites for hydroxylation is 2. The number of aromatic nitrogens is 3. The summed E-state index contributed by atoms with van der Waals surface area (Å²) in [5, 5.41) is 18.1. The Balaban J connectivity index is 1.77. The van der Waals surface area contributed by atoms with Crippen molar-refractivity contribution >= 4 is 27.7 Å². The maximum absolute atomic E-state index is 9.30. The van der Waals surface area contributed by atoms with Gasteiger partial charge in [0.25, 0.3) is 0 Å². The summed E-state index contributed by atoms with van der Waals surface area (Å²) in [5.74, 6) is 1.45. The summed E-state index contributed by atoms with van der Waals surface area (Å²) in [4.78, 5) is 4.44. The van der Waals surface area contributed by atoms with Gasteiger partial charge in [0.05, 0.1) is 11.3 Å². The summed E-state index contributed by atoms with van der Waals surface area (Å²) in [6, 6.07) is 11.8. The standard InChI is InChI=1S/C17H13BrN4OS/c1-10-7-11(2)20-17(14(10)8-19)24-9-15-21-22-16(23-15)12-3-5-13(18)6-4-12/h3-7H,9H2,1-2H3. The van der Waals surface area contributed by atoms with Gasteiger partial charge in [0, 0.05) is 15.7 Å². The average Bonchev–Trinajstić information content (AvgIpc) is 3.02. The van der Waals surface area contributed by atoms with Crippen molar-refractivity contribution in [1.82, 2.24) is 15.2 Å². The number of pyridine rings is 1. The van der Waals surface area contributed by atoms with Gasteiger partial charge in [0.2, 0.25) is 11.8 Å². The van der Waals surface area contributed by atoms with E-state index in [1.54, 1.807) is 0 Å². The number of benzene rings is 1. The van der Waals surface area contributed by atoms with Gasteiger partial charge in [0.1, 0.15) is 11.1 Å². The Hall–Kier alpha value is -2.17. The minimum absolute atomic E-state index is 0.466. The van der Waals surface area contributed by atoms with Crippen LogP contribution in [0.5, 0.6) is 0 Å². The number of halogens is 1. The minimum Gasteiger partial charge on any atom is -0.420 e. The summed E-state index contributed by atoms with van der Waals surface area (Å²) < 4.78 is 6.69. The zero-order valence-electron chi connectivity index (χ0n) is 13.1. The highest BCUT2D eigenvalue weighted by Crippen LogP contribution is 2.27. The van der Waals surface area contributed by atoms with Crippen molar-refractivity contribution in [2.24, 2.45) is 0 Å². The highest BCUT2D eigenvalue weighted by atomic mass is 79.9. The van der Waals surface area contributed by atoms with E-state index in [1.165, 1.54) is 11.8 Å². The van der Waals surface area contributed by atoms with Crippen molar-refractivity contribution < 1.29 is 4.42 Å². The molecule has 0 saturated carbocycles. The van der Waals surface area contributed by atoms with E-state index in [4.69, 9.17) is 4.42 Å². The minimum atomic E-state index is 0.466. The highest BCUT2D eigenvalue weighted by Gasteiger charge is 2.13. The molecule has 0 atom stereocenters. The molecule has 7 heteroatoms. The first kappa shape index (κ1) is 16.7. The van der Waals surface area contributed by atoms with Crippen LogP contribution in [0.15, 0.2) is 44.2 Å². The first-order valence-corrected chi connectivity index (χ1v) is 8.94. The van der Waals surface area contributed by atoms with Crippen molar-refractivity contribution in [3.63, 3.8) is 0 Å². The van der Waals surface area contributed by atoms with Crippen molar-refractivity contribution in [2.45, 2.75) is 24.6 Å². The van der Waals surface area contributed by atoms with Crippen molar-refractivity contribution in [3.8, 4) is 17.5 Å². The van der Waals surface area contributed by atoms with Gasteiger partial charge in [-0.2, -0.15) is 5.26 Å². The molecular weight excluding hydrogens is 388 g/mol. The fourth-order valence-electron chi connectivity index (χ4n) is 2.19. The molecule has 0 N–H and O–H groups in total. The van der Waals surface area contributed by atoms with Gasteiger partial charge >= 0.3 is 0 Å². The highest BCUT2D eigenvalue weighted by molar-refractivity contribution is 9.10. The first-order valence-electron chi connectivity index (χ1n) is 7.16. The summed E-state index contributed by atoms with van der Waals surface area (Å²) in [7, 11) is 0. The molecule has 5 nitrogen and oxygen atoms in total. The van der Waals surface area contributed by atoms with E-state index in [0.29, 0.717) is 28.1 Å². The average molecular weight is 401 g/mol. The lowest BCUT2D eigenvalue weighted by Crippen LogP contribution is -1.94. The molecule has 0 aliphatic heterocycles. The number of thioether (sulfide) groups is 1. The summed E-state index contributed by atoms with van der Waals surface area (Å²) >= 11 is 4.82. The van der Waals surface area contributed by atoms with Crippen LogP contribution < -0.4 is 0 Å². The van der Waals surface area contributed by atoms with E-state index in [1.807, 2.05) is 44.2 Å². The molecule has 0 saturated heterocycles.